The number of carbonyl (C=O) groups is 2. The van der Waals surface area contributed by atoms with Crippen LogP contribution in [-0.2, 0) is 44.4 Å². The molecule has 1 saturated heterocycles. The third-order valence-corrected chi connectivity index (χ3v) is 16.1. The molecule has 14 heteroatoms. The first-order chi connectivity index (χ1) is 30.9. The fourth-order valence-corrected chi connectivity index (χ4v) is 11.4. The van der Waals surface area contributed by atoms with Gasteiger partial charge in [-0.3, -0.25) is 9.59 Å². The van der Waals surface area contributed by atoms with Gasteiger partial charge in [0.05, 0.1) is 53.7 Å². The van der Waals surface area contributed by atoms with Crippen molar-refractivity contribution < 1.29 is 47.5 Å². The molecular weight excluding hydrogens is 844 g/mol. The predicted octanol–water partition coefficient (Wildman–Crippen LogP) is 9.14. The van der Waals surface area contributed by atoms with E-state index in [0.717, 1.165) is 31.4 Å². The minimum atomic E-state index is -0.997. The normalized spacial score (nSPS) is 30.4. The number of aliphatic hydroxyl groups is 1. The van der Waals surface area contributed by atoms with E-state index in [1.54, 1.807) is 20.4 Å². The number of ketones is 2. The number of alkyl halides is 1. The largest absolute Gasteiger partial charge is 0.494 e. The highest BCUT2D eigenvalue weighted by Crippen LogP contribution is 2.47. The Kier molecular flexibility index (Phi) is 20.5. The number of hydrogen-bond donors (Lipinski definition) is 1. The summed E-state index contributed by atoms with van der Waals surface area (Å²) in [4.78, 5) is 28.0. The number of halogens is 1. The Labute approximate surface area is 397 Å². The van der Waals surface area contributed by atoms with Crippen molar-refractivity contribution in [2.45, 2.75) is 221 Å². The van der Waals surface area contributed by atoms with Crippen molar-refractivity contribution in [3.05, 3.63) is 24.2 Å². The molecule has 0 amide bonds. The fraction of sp³-hybridized carbons (Fsp3) is 0.885. The van der Waals surface area contributed by atoms with Gasteiger partial charge in [-0.05, 0) is 71.3 Å². The number of carbonyl (C=O) groups excluding carboxylic acids is 2. The summed E-state index contributed by atoms with van der Waals surface area (Å²) in [6.07, 6.45) is 4.70. The molecule has 13 nitrogen and oxygen atoms in total. The first-order valence-electron chi connectivity index (χ1n) is 25.2. The van der Waals surface area contributed by atoms with E-state index in [1.165, 1.54) is 4.68 Å². The van der Waals surface area contributed by atoms with Crippen LogP contribution in [0.4, 0.5) is 4.39 Å². The molecule has 1 aliphatic heterocycles. The third-order valence-electron chi connectivity index (χ3n) is 16.1. The zero-order valence-corrected chi connectivity index (χ0v) is 43.8. The lowest BCUT2D eigenvalue weighted by atomic mass is 9.65. The summed E-state index contributed by atoms with van der Waals surface area (Å²) in [7, 11) is 5.25. The Morgan fingerprint density at radius 2 is 1.76 bits per heavy atom. The van der Waals surface area contributed by atoms with Gasteiger partial charge >= 0.3 is 0 Å². The fourth-order valence-electron chi connectivity index (χ4n) is 11.4. The number of rotatable bonds is 27. The molecule has 16 atom stereocenters. The highest BCUT2D eigenvalue weighted by Gasteiger charge is 2.51. The van der Waals surface area contributed by atoms with Crippen molar-refractivity contribution in [2.75, 3.05) is 34.5 Å². The van der Waals surface area contributed by atoms with Gasteiger partial charge in [-0.15, -0.1) is 5.10 Å². The number of likely N-dealkylation sites (N-methyl/N-ethyl adjacent to an activating group) is 1. The summed E-state index contributed by atoms with van der Waals surface area (Å²) in [5.41, 5.74) is -0.513. The van der Waals surface area contributed by atoms with Gasteiger partial charge < -0.3 is 38.4 Å². The van der Waals surface area contributed by atoms with Gasteiger partial charge in [0.1, 0.15) is 30.4 Å². The highest BCUT2D eigenvalue weighted by molar-refractivity contribution is 5.86. The van der Waals surface area contributed by atoms with Crippen molar-refractivity contribution >= 4 is 11.6 Å². The summed E-state index contributed by atoms with van der Waals surface area (Å²) in [5, 5.41) is 21.0. The van der Waals surface area contributed by atoms with Crippen LogP contribution in [0.1, 0.15) is 160 Å². The van der Waals surface area contributed by atoms with E-state index < -0.39 is 54.9 Å². The van der Waals surface area contributed by atoms with E-state index in [-0.39, 0.29) is 70.4 Å². The second-order valence-corrected chi connectivity index (χ2v) is 22.2. The van der Waals surface area contributed by atoms with Crippen LogP contribution in [0.5, 0.6) is 0 Å². The Morgan fingerprint density at radius 1 is 1.09 bits per heavy atom. The molecule has 66 heavy (non-hydrogen) atoms. The molecule has 0 radical (unpaired) electrons. The number of hydrogen-bond acceptors (Lipinski definition) is 12. The van der Waals surface area contributed by atoms with Crippen LogP contribution >= 0.6 is 0 Å². The second-order valence-electron chi connectivity index (χ2n) is 22.2. The zero-order chi connectivity index (χ0) is 49.5. The Balaban J connectivity index is 1.71. The third kappa shape index (κ3) is 13.7. The Morgan fingerprint density at radius 3 is 2.32 bits per heavy atom. The van der Waals surface area contributed by atoms with Crippen molar-refractivity contribution in [1.29, 1.82) is 0 Å². The topological polar surface area (TPSA) is 144 Å². The van der Waals surface area contributed by atoms with Crippen LogP contribution < -0.4 is 0 Å². The van der Waals surface area contributed by atoms with Crippen molar-refractivity contribution in [3.8, 4) is 0 Å². The van der Waals surface area contributed by atoms with Gasteiger partial charge in [0, 0.05) is 87.8 Å². The molecule has 3 aliphatic rings. The van der Waals surface area contributed by atoms with Crippen LogP contribution in [0.15, 0.2) is 18.5 Å². The van der Waals surface area contributed by atoms with Crippen LogP contribution in [-0.4, -0.2) is 132 Å². The number of nitrogens with zero attached hydrogens (tertiary/aromatic N) is 4. The monoisotopic (exact) mass is 935 g/mol. The number of aliphatic hydroxyl groups excluding tert-OH is 1. The van der Waals surface area contributed by atoms with Crippen molar-refractivity contribution in [1.82, 2.24) is 19.9 Å². The molecule has 3 fully saturated rings. The Hall–Kier alpha value is -2.33. The molecule has 1 aromatic rings. The molecule has 380 valence electrons. The maximum absolute atomic E-state index is 14.0. The minimum absolute atomic E-state index is 0.00894. The van der Waals surface area contributed by atoms with Gasteiger partial charge in [-0.25, -0.2) is 9.07 Å². The average molecular weight is 935 g/mol. The molecule has 0 aromatic carbocycles. The molecular formula is C52H91FN4O9. The molecule has 1 N–H and O–H groups in total. The number of Topliss-reactive ketones (excluding diaryl/α,β-unsaturated/α-hetero) is 2. The molecule has 2 saturated carbocycles. The van der Waals surface area contributed by atoms with Gasteiger partial charge in [-0.1, -0.05) is 87.5 Å². The minimum Gasteiger partial charge on any atom is -0.494 e. The molecule has 0 bridgehead atoms. The van der Waals surface area contributed by atoms with E-state index >= 15 is 0 Å². The van der Waals surface area contributed by atoms with Gasteiger partial charge in [-0.2, -0.15) is 0 Å². The first kappa shape index (κ1) is 56.3. The summed E-state index contributed by atoms with van der Waals surface area (Å²) < 4.78 is 55.5. The van der Waals surface area contributed by atoms with Crippen molar-refractivity contribution in [2.24, 2.45) is 40.4 Å². The molecule has 2 heterocycles. The average Bonchev–Trinajstić information content (AvgIpc) is 3.73. The Bertz CT molecular complexity index is 1700. The van der Waals surface area contributed by atoms with E-state index in [4.69, 9.17) is 28.4 Å². The summed E-state index contributed by atoms with van der Waals surface area (Å²) in [6, 6.07) is -0.807. The van der Waals surface area contributed by atoms with E-state index in [9.17, 15) is 19.1 Å². The maximum atomic E-state index is 14.0. The lowest BCUT2D eigenvalue weighted by molar-refractivity contribution is -0.269. The molecule has 1 aromatic heterocycles. The summed E-state index contributed by atoms with van der Waals surface area (Å²) in [6.45, 7) is 31.4. The lowest BCUT2D eigenvalue weighted by Gasteiger charge is -2.50. The smallest absolute Gasteiger partial charge is 0.158 e. The van der Waals surface area contributed by atoms with Crippen molar-refractivity contribution in [3.63, 3.8) is 0 Å². The standard InChI is InChI=1S/C52H91FN4O9/c1-18-44(51(13)26-40(58)27-51)64-37(10)35(8)48(66-45-28-50(12,19-2)25-34(7)63-45)36(9)49(52(14,62-17)24-33(6)46(59)31(3)4)65-43-23-32(5)22-41(47(43)60)56(15)21-20-39-30-57(55-54-39)42(29-53)38(11)61-16/h30-36,38,41-45,47-49,60H,10,18-29H2,1-9,11-17H3/t32?,33-,34?,35?,36+,38?,41?,42?,43?,44-,45+,47-,48-,49?,50+,52-/m1/s1. The second kappa shape index (κ2) is 24.0. The summed E-state index contributed by atoms with van der Waals surface area (Å²) >= 11 is 0. The zero-order valence-electron chi connectivity index (χ0n) is 43.8. The molecule has 2 aliphatic carbocycles. The van der Waals surface area contributed by atoms with E-state index in [1.807, 2.05) is 41.7 Å². The van der Waals surface area contributed by atoms with Crippen LogP contribution in [0.3, 0.4) is 0 Å². The van der Waals surface area contributed by atoms with Gasteiger partial charge in [0.25, 0.3) is 0 Å². The number of methoxy groups -OCH3 is 2. The van der Waals surface area contributed by atoms with Crippen LogP contribution in [0, 0.1) is 40.4 Å². The number of aromatic nitrogens is 3. The van der Waals surface area contributed by atoms with Gasteiger partial charge in [0.2, 0.25) is 0 Å². The molecule has 8 unspecified atom stereocenters. The highest BCUT2D eigenvalue weighted by atomic mass is 19.1. The predicted molar refractivity (Wildman–Crippen MR) is 256 cm³/mol. The van der Waals surface area contributed by atoms with E-state index in [2.05, 4.69) is 77.2 Å². The number of ether oxygens (including phenoxy) is 6. The SMILES string of the molecule is C=C(O[C@H](CC)C1(C)CC(=O)C1)C(C)[C@@H](O[C@H]1C[C@@](C)(CC)CC(C)O1)[C@H](C)C(OC1CC(C)CC(N(C)CCc2cn(C(CF)C(C)OC)nn2)[C@H]1O)[C@@](C)(C[C@@H](C)C(=O)C(C)C)OC. The molecule has 0 spiro atoms. The first-order valence-corrected chi connectivity index (χ1v) is 25.2. The maximum Gasteiger partial charge on any atom is 0.158 e. The van der Waals surface area contributed by atoms with Gasteiger partial charge in [0.15, 0.2) is 6.29 Å². The summed E-state index contributed by atoms with van der Waals surface area (Å²) in [5.74, 6) is -0.0573. The van der Waals surface area contributed by atoms with Crippen LogP contribution in [0.2, 0.25) is 0 Å². The van der Waals surface area contributed by atoms with Crippen LogP contribution in [0.25, 0.3) is 0 Å². The quantitative estimate of drug-likeness (QED) is 0.0841. The molecule has 4 rings (SSSR count). The lowest BCUT2D eigenvalue weighted by Crippen LogP contribution is -2.59. The van der Waals surface area contributed by atoms with E-state index in [0.29, 0.717) is 50.8 Å².